The van der Waals surface area contributed by atoms with Crippen LogP contribution >= 0.6 is 12.6 Å². The number of hydrogen-bond donors (Lipinski definition) is 1. The molecule has 0 aliphatic heterocycles. The normalized spacial score (nSPS) is 11.2. The molecule has 0 unspecified atom stereocenters. The standard InChI is InChI=1S/C19H36O2S/c1-2-3-4-5-6-7-8-9-10-11-12-13-14-15-16-19(20)21-17-18-22/h9-10,22H,2-8,11-18H2,1H3/b10-9+. The van der Waals surface area contributed by atoms with Crippen molar-refractivity contribution in [2.45, 2.75) is 90.4 Å². The molecule has 0 radical (unpaired) electrons. The number of rotatable bonds is 16. The Bertz CT molecular complexity index is 264. The van der Waals surface area contributed by atoms with E-state index in [0.717, 1.165) is 12.8 Å². The van der Waals surface area contributed by atoms with Gasteiger partial charge < -0.3 is 4.74 Å². The lowest BCUT2D eigenvalue weighted by molar-refractivity contribution is -0.143. The van der Waals surface area contributed by atoms with E-state index in [1.54, 1.807) is 0 Å². The minimum absolute atomic E-state index is 0.0760. The minimum atomic E-state index is -0.0760. The van der Waals surface area contributed by atoms with Crippen molar-refractivity contribution in [2.24, 2.45) is 0 Å². The Morgan fingerprint density at radius 3 is 2.00 bits per heavy atom. The lowest BCUT2D eigenvalue weighted by Gasteiger charge is -2.02. The topological polar surface area (TPSA) is 26.3 Å². The van der Waals surface area contributed by atoms with Gasteiger partial charge in [-0.15, -0.1) is 0 Å². The van der Waals surface area contributed by atoms with E-state index in [9.17, 15) is 4.79 Å². The van der Waals surface area contributed by atoms with Gasteiger partial charge in [0.2, 0.25) is 0 Å². The quantitative estimate of drug-likeness (QED) is 0.160. The maximum atomic E-state index is 11.3. The van der Waals surface area contributed by atoms with Gasteiger partial charge in [-0.2, -0.15) is 12.6 Å². The van der Waals surface area contributed by atoms with Crippen molar-refractivity contribution < 1.29 is 9.53 Å². The van der Waals surface area contributed by atoms with Crippen LogP contribution in [0.2, 0.25) is 0 Å². The van der Waals surface area contributed by atoms with Crippen molar-refractivity contribution in [3.05, 3.63) is 12.2 Å². The van der Waals surface area contributed by atoms with Crippen LogP contribution in [0.3, 0.4) is 0 Å². The molecule has 0 bridgehead atoms. The van der Waals surface area contributed by atoms with Gasteiger partial charge in [0.15, 0.2) is 0 Å². The molecule has 0 aromatic carbocycles. The first-order valence-corrected chi connectivity index (χ1v) is 9.86. The fourth-order valence-electron chi connectivity index (χ4n) is 2.39. The second-order valence-electron chi connectivity index (χ2n) is 5.92. The van der Waals surface area contributed by atoms with Gasteiger partial charge in [0.25, 0.3) is 0 Å². The summed E-state index contributed by atoms with van der Waals surface area (Å²) in [7, 11) is 0. The van der Waals surface area contributed by atoms with Crippen LogP contribution in [0.1, 0.15) is 90.4 Å². The molecule has 0 saturated carbocycles. The first-order valence-electron chi connectivity index (χ1n) is 9.22. The van der Waals surface area contributed by atoms with E-state index in [0.29, 0.717) is 18.8 Å². The fourth-order valence-corrected chi connectivity index (χ4v) is 2.49. The number of esters is 1. The Kier molecular flexibility index (Phi) is 18.2. The predicted octanol–water partition coefficient (Wildman–Crippen LogP) is 6.11. The Labute approximate surface area is 143 Å². The Morgan fingerprint density at radius 1 is 0.864 bits per heavy atom. The monoisotopic (exact) mass is 328 g/mol. The fraction of sp³-hybridized carbons (Fsp3) is 0.842. The van der Waals surface area contributed by atoms with Gasteiger partial charge >= 0.3 is 5.97 Å². The van der Waals surface area contributed by atoms with Crippen LogP contribution in [0.5, 0.6) is 0 Å². The Hall–Kier alpha value is -0.440. The lowest BCUT2D eigenvalue weighted by Crippen LogP contribution is -2.06. The van der Waals surface area contributed by atoms with E-state index in [4.69, 9.17) is 4.74 Å². The highest BCUT2D eigenvalue weighted by molar-refractivity contribution is 7.80. The van der Waals surface area contributed by atoms with Gasteiger partial charge in [-0.1, -0.05) is 64.0 Å². The first-order chi connectivity index (χ1) is 10.8. The molecule has 2 nitrogen and oxygen atoms in total. The van der Waals surface area contributed by atoms with E-state index >= 15 is 0 Å². The first kappa shape index (κ1) is 21.6. The predicted molar refractivity (Wildman–Crippen MR) is 99.6 cm³/mol. The van der Waals surface area contributed by atoms with E-state index in [1.165, 1.54) is 64.2 Å². The van der Waals surface area contributed by atoms with Crippen LogP contribution in [-0.4, -0.2) is 18.3 Å². The van der Waals surface area contributed by atoms with E-state index in [2.05, 4.69) is 31.7 Å². The summed E-state index contributed by atoms with van der Waals surface area (Å²) in [6.07, 6.45) is 20.4. The largest absolute Gasteiger partial charge is 0.465 e. The van der Waals surface area contributed by atoms with Gasteiger partial charge in [0, 0.05) is 12.2 Å². The summed E-state index contributed by atoms with van der Waals surface area (Å²) in [6, 6.07) is 0. The maximum absolute atomic E-state index is 11.3. The number of carbonyl (C=O) groups excluding carboxylic acids is 1. The third-order valence-corrected chi connectivity index (χ3v) is 3.93. The zero-order valence-electron chi connectivity index (χ0n) is 14.5. The average molecular weight is 329 g/mol. The van der Waals surface area contributed by atoms with E-state index < -0.39 is 0 Å². The van der Waals surface area contributed by atoms with E-state index in [1.807, 2.05) is 0 Å². The summed E-state index contributed by atoms with van der Waals surface area (Å²) in [5.74, 6) is 0.532. The van der Waals surface area contributed by atoms with Crippen molar-refractivity contribution in [3.63, 3.8) is 0 Å². The smallest absolute Gasteiger partial charge is 0.305 e. The van der Waals surface area contributed by atoms with Gasteiger partial charge in [-0.05, 0) is 32.1 Å². The van der Waals surface area contributed by atoms with Crippen molar-refractivity contribution in [1.29, 1.82) is 0 Å². The molecule has 0 spiro atoms. The third kappa shape index (κ3) is 17.6. The number of unbranched alkanes of at least 4 members (excludes halogenated alkanes) is 10. The van der Waals surface area contributed by atoms with Crippen LogP contribution in [-0.2, 0) is 9.53 Å². The molecule has 0 heterocycles. The number of ether oxygens (including phenoxy) is 1. The number of allylic oxidation sites excluding steroid dienone is 2. The summed E-state index contributed by atoms with van der Waals surface area (Å²) in [5, 5.41) is 0. The molecular weight excluding hydrogens is 292 g/mol. The molecule has 22 heavy (non-hydrogen) atoms. The summed E-state index contributed by atoms with van der Waals surface area (Å²) in [5.41, 5.74) is 0. The number of thiol groups is 1. The third-order valence-electron chi connectivity index (χ3n) is 3.75. The molecule has 3 heteroatoms. The van der Waals surface area contributed by atoms with Gasteiger partial charge in [-0.25, -0.2) is 0 Å². The van der Waals surface area contributed by atoms with Gasteiger partial charge in [0.05, 0.1) is 0 Å². The van der Waals surface area contributed by atoms with Crippen LogP contribution in [0.25, 0.3) is 0 Å². The van der Waals surface area contributed by atoms with Crippen molar-refractivity contribution >= 4 is 18.6 Å². The molecule has 0 aromatic rings. The minimum Gasteiger partial charge on any atom is -0.465 e. The Morgan fingerprint density at radius 2 is 1.41 bits per heavy atom. The van der Waals surface area contributed by atoms with Crippen molar-refractivity contribution in [3.8, 4) is 0 Å². The van der Waals surface area contributed by atoms with E-state index in [-0.39, 0.29) is 5.97 Å². The zero-order valence-corrected chi connectivity index (χ0v) is 15.4. The molecule has 0 saturated heterocycles. The molecule has 0 rings (SSSR count). The summed E-state index contributed by atoms with van der Waals surface area (Å²) < 4.78 is 4.98. The molecule has 0 aromatic heterocycles. The van der Waals surface area contributed by atoms with Crippen molar-refractivity contribution in [2.75, 3.05) is 12.4 Å². The van der Waals surface area contributed by atoms with Gasteiger partial charge in [-0.3, -0.25) is 4.79 Å². The molecule has 0 atom stereocenters. The molecule has 0 aliphatic rings. The molecule has 0 fully saturated rings. The molecule has 0 N–H and O–H groups in total. The van der Waals surface area contributed by atoms with Crippen LogP contribution in [0.4, 0.5) is 0 Å². The second-order valence-corrected chi connectivity index (χ2v) is 6.37. The summed E-state index contributed by atoms with van der Waals surface area (Å²) >= 11 is 4.01. The SMILES string of the molecule is CCCCCCCC/C=C/CCCCCCC(=O)OCCS. The average Bonchev–Trinajstić information content (AvgIpc) is 2.53. The lowest BCUT2D eigenvalue weighted by atomic mass is 10.1. The number of hydrogen-bond acceptors (Lipinski definition) is 3. The maximum Gasteiger partial charge on any atom is 0.305 e. The highest BCUT2D eigenvalue weighted by atomic mass is 32.1. The van der Waals surface area contributed by atoms with Gasteiger partial charge in [0.1, 0.15) is 6.61 Å². The van der Waals surface area contributed by atoms with Crippen LogP contribution in [0.15, 0.2) is 12.2 Å². The highest BCUT2D eigenvalue weighted by Gasteiger charge is 2.00. The molecule has 130 valence electrons. The Balaban J connectivity index is 3.15. The highest BCUT2D eigenvalue weighted by Crippen LogP contribution is 2.09. The van der Waals surface area contributed by atoms with Crippen LogP contribution < -0.4 is 0 Å². The molecular formula is C19H36O2S. The van der Waals surface area contributed by atoms with Crippen molar-refractivity contribution in [1.82, 2.24) is 0 Å². The summed E-state index contributed by atoms with van der Waals surface area (Å²) in [6.45, 7) is 2.70. The zero-order chi connectivity index (χ0) is 16.3. The summed E-state index contributed by atoms with van der Waals surface area (Å²) in [4.78, 5) is 11.3. The number of carbonyl (C=O) groups is 1. The second kappa shape index (κ2) is 18.6. The molecule has 0 amide bonds. The van der Waals surface area contributed by atoms with Crippen LogP contribution in [0, 0.1) is 0 Å². The molecule has 0 aliphatic carbocycles.